The smallest absolute Gasteiger partial charge is 0.142 e. The minimum absolute atomic E-state index is 0.163. The Bertz CT molecular complexity index is 568. The summed E-state index contributed by atoms with van der Waals surface area (Å²) in [5.74, 6) is -0.371. The van der Waals surface area contributed by atoms with Crippen LogP contribution in [0.3, 0.4) is 0 Å². The van der Waals surface area contributed by atoms with E-state index in [0.717, 1.165) is 5.56 Å². The summed E-state index contributed by atoms with van der Waals surface area (Å²) < 4.78 is 13.3. The Morgan fingerprint density at radius 1 is 1.21 bits per heavy atom. The average molecular weight is 278 g/mol. The van der Waals surface area contributed by atoms with Gasteiger partial charge in [-0.25, -0.2) is 4.39 Å². The van der Waals surface area contributed by atoms with Crippen LogP contribution in [0.15, 0.2) is 42.5 Å². The van der Waals surface area contributed by atoms with Gasteiger partial charge in [-0.1, -0.05) is 41.9 Å². The van der Waals surface area contributed by atoms with Crippen LogP contribution < -0.4 is 5.32 Å². The molecule has 0 aliphatic rings. The maximum absolute atomic E-state index is 13.3. The monoisotopic (exact) mass is 277 g/mol. The van der Waals surface area contributed by atoms with Crippen LogP contribution in [0.25, 0.3) is 0 Å². The molecule has 1 N–H and O–H groups in total. The first kappa shape index (κ1) is 14.0. The standard InChI is InChI=1S/C16H17ClFN/c1-11-5-3-4-6-14(11)12(2)19-10-13-7-8-15(17)16(18)9-13/h3-9,12,19H,10H2,1-2H3/t12-/m1/s1. The zero-order valence-corrected chi connectivity index (χ0v) is 11.8. The summed E-state index contributed by atoms with van der Waals surface area (Å²) >= 11 is 5.66. The quantitative estimate of drug-likeness (QED) is 0.858. The number of benzene rings is 2. The minimum atomic E-state index is -0.371. The van der Waals surface area contributed by atoms with Crippen LogP contribution in [0.4, 0.5) is 4.39 Å². The molecule has 0 unspecified atom stereocenters. The van der Waals surface area contributed by atoms with Crippen molar-refractivity contribution in [1.82, 2.24) is 5.32 Å². The van der Waals surface area contributed by atoms with Gasteiger partial charge in [-0.2, -0.15) is 0 Å². The highest BCUT2D eigenvalue weighted by Crippen LogP contribution is 2.19. The summed E-state index contributed by atoms with van der Waals surface area (Å²) in [4.78, 5) is 0. The Morgan fingerprint density at radius 3 is 2.63 bits per heavy atom. The van der Waals surface area contributed by atoms with Gasteiger partial charge in [0.05, 0.1) is 5.02 Å². The Kier molecular flexibility index (Phi) is 4.56. The highest BCUT2D eigenvalue weighted by Gasteiger charge is 2.08. The van der Waals surface area contributed by atoms with Crippen LogP contribution in [0.1, 0.15) is 29.7 Å². The third kappa shape index (κ3) is 3.55. The van der Waals surface area contributed by atoms with Crippen LogP contribution in [0.2, 0.25) is 5.02 Å². The molecule has 0 aliphatic carbocycles. The van der Waals surface area contributed by atoms with Gasteiger partial charge in [0.2, 0.25) is 0 Å². The van der Waals surface area contributed by atoms with E-state index in [1.54, 1.807) is 6.07 Å². The minimum Gasteiger partial charge on any atom is -0.306 e. The van der Waals surface area contributed by atoms with Gasteiger partial charge in [0.1, 0.15) is 5.82 Å². The Balaban J connectivity index is 2.02. The zero-order chi connectivity index (χ0) is 13.8. The number of hydrogen-bond donors (Lipinski definition) is 1. The number of halogens is 2. The molecule has 2 aromatic rings. The van der Waals surface area contributed by atoms with Crippen LogP contribution in [0.5, 0.6) is 0 Å². The van der Waals surface area contributed by atoms with E-state index in [0.29, 0.717) is 6.54 Å². The molecular weight excluding hydrogens is 261 g/mol. The highest BCUT2D eigenvalue weighted by atomic mass is 35.5. The predicted molar refractivity (Wildman–Crippen MR) is 77.8 cm³/mol. The summed E-state index contributed by atoms with van der Waals surface area (Å²) in [6.45, 7) is 4.81. The summed E-state index contributed by atoms with van der Waals surface area (Å²) in [7, 11) is 0. The van der Waals surface area contributed by atoms with Crippen molar-refractivity contribution in [2.75, 3.05) is 0 Å². The van der Waals surface area contributed by atoms with Crippen LogP contribution >= 0.6 is 11.6 Å². The summed E-state index contributed by atoms with van der Waals surface area (Å²) in [5, 5.41) is 3.56. The molecule has 1 nitrogen and oxygen atoms in total. The van der Waals surface area contributed by atoms with Crippen LogP contribution in [0, 0.1) is 12.7 Å². The lowest BCUT2D eigenvalue weighted by atomic mass is 10.0. The average Bonchev–Trinajstić information content (AvgIpc) is 2.40. The van der Waals surface area contributed by atoms with Crippen molar-refractivity contribution in [3.8, 4) is 0 Å². The van der Waals surface area contributed by atoms with Crippen molar-refractivity contribution in [1.29, 1.82) is 0 Å². The molecule has 0 bridgehead atoms. The maximum atomic E-state index is 13.3. The van der Waals surface area contributed by atoms with Crippen molar-refractivity contribution in [2.24, 2.45) is 0 Å². The normalized spacial score (nSPS) is 12.4. The SMILES string of the molecule is Cc1ccccc1[C@@H](C)NCc1ccc(Cl)c(F)c1. The first-order chi connectivity index (χ1) is 9.08. The van der Waals surface area contributed by atoms with Crippen molar-refractivity contribution >= 4 is 11.6 Å². The van der Waals surface area contributed by atoms with Gasteiger partial charge in [-0.3, -0.25) is 0 Å². The van der Waals surface area contributed by atoms with E-state index in [1.165, 1.54) is 17.2 Å². The molecule has 0 spiro atoms. The number of hydrogen-bond acceptors (Lipinski definition) is 1. The van der Waals surface area contributed by atoms with Crippen molar-refractivity contribution in [3.05, 3.63) is 70.0 Å². The highest BCUT2D eigenvalue weighted by molar-refractivity contribution is 6.30. The fraction of sp³-hybridized carbons (Fsp3) is 0.250. The summed E-state index contributed by atoms with van der Waals surface area (Å²) in [6.07, 6.45) is 0. The fourth-order valence-corrected chi connectivity index (χ4v) is 2.22. The topological polar surface area (TPSA) is 12.0 Å². The number of aryl methyl sites for hydroxylation is 1. The van der Waals surface area contributed by atoms with Gasteiger partial charge < -0.3 is 5.32 Å². The van der Waals surface area contributed by atoms with Crippen LogP contribution in [-0.4, -0.2) is 0 Å². The van der Waals surface area contributed by atoms with E-state index in [4.69, 9.17) is 11.6 Å². The van der Waals surface area contributed by atoms with E-state index in [9.17, 15) is 4.39 Å². The largest absolute Gasteiger partial charge is 0.306 e. The summed E-state index contributed by atoms with van der Waals surface area (Å²) in [6, 6.07) is 13.4. The van der Waals surface area contributed by atoms with Crippen molar-refractivity contribution < 1.29 is 4.39 Å². The molecule has 1 atom stereocenters. The molecule has 0 heterocycles. The van der Waals surface area contributed by atoms with Crippen molar-refractivity contribution in [3.63, 3.8) is 0 Å². The molecule has 0 saturated heterocycles. The second-order valence-electron chi connectivity index (χ2n) is 4.71. The van der Waals surface area contributed by atoms with Gasteiger partial charge in [-0.05, 0) is 42.7 Å². The van der Waals surface area contributed by atoms with Gasteiger partial charge in [-0.15, -0.1) is 0 Å². The molecule has 3 heteroatoms. The second-order valence-corrected chi connectivity index (χ2v) is 5.11. The van der Waals surface area contributed by atoms with E-state index in [2.05, 4.69) is 31.3 Å². The maximum Gasteiger partial charge on any atom is 0.142 e. The third-order valence-electron chi connectivity index (χ3n) is 3.25. The Labute approximate surface area is 118 Å². The number of nitrogens with one attached hydrogen (secondary N) is 1. The molecule has 0 saturated carbocycles. The van der Waals surface area contributed by atoms with Gasteiger partial charge in [0.25, 0.3) is 0 Å². The van der Waals surface area contributed by atoms with Gasteiger partial charge in [0, 0.05) is 12.6 Å². The van der Waals surface area contributed by atoms with Gasteiger partial charge in [0.15, 0.2) is 0 Å². The molecular formula is C16H17ClFN. The van der Waals surface area contributed by atoms with E-state index in [-0.39, 0.29) is 16.9 Å². The van der Waals surface area contributed by atoms with Crippen molar-refractivity contribution in [2.45, 2.75) is 26.4 Å². The van der Waals surface area contributed by atoms with E-state index >= 15 is 0 Å². The van der Waals surface area contributed by atoms with Gasteiger partial charge >= 0.3 is 0 Å². The lowest BCUT2D eigenvalue weighted by Gasteiger charge is -2.16. The molecule has 100 valence electrons. The molecule has 0 radical (unpaired) electrons. The zero-order valence-electron chi connectivity index (χ0n) is 11.1. The third-order valence-corrected chi connectivity index (χ3v) is 3.56. The van der Waals surface area contributed by atoms with E-state index in [1.807, 2.05) is 18.2 Å². The summed E-state index contributed by atoms with van der Waals surface area (Å²) in [5.41, 5.74) is 3.41. The second kappa shape index (κ2) is 6.18. The molecule has 2 rings (SSSR count). The fourth-order valence-electron chi connectivity index (χ4n) is 2.10. The first-order valence-electron chi connectivity index (χ1n) is 6.31. The molecule has 0 fully saturated rings. The van der Waals surface area contributed by atoms with Crippen LogP contribution in [-0.2, 0) is 6.54 Å². The Morgan fingerprint density at radius 2 is 1.95 bits per heavy atom. The molecule has 0 amide bonds. The molecule has 2 aromatic carbocycles. The molecule has 0 aliphatic heterocycles. The van der Waals surface area contributed by atoms with E-state index < -0.39 is 0 Å². The molecule has 19 heavy (non-hydrogen) atoms. The lowest BCUT2D eigenvalue weighted by molar-refractivity contribution is 0.567. The Hall–Kier alpha value is -1.38. The molecule has 0 aromatic heterocycles. The predicted octanol–water partition coefficient (Wildman–Crippen LogP) is 4.64. The first-order valence-corrected chi connectivity index (χ1v) is 6.68. The lowest BCUT2D eigenvalue weighted by Crippen LogP contribution is -2.18. The number of rotatable bonds is 4.